The Morgan fingerprint density at radius 3 is 2.50 bits per heavy atom. The van der Waals surface area contributed by atoms with Gasteiger partial charge in [-0.25, -0.2) is 0 Å². The van der Waals surface area contributed by atoms with Gasteiger partial charge in [0, 0.05) is 22.3 Å². The summed E-state index contributed by atoms with van der Waals surface area (Å²) < 4.78 is 0. The summed E-state index contributed by atoms with van der Waals surface area (Å²) in [6.45, 7) is 5.30. The summed E-state index contributed by atoms with van der Waals surface area (Å²) in [6, 6.07) is 15.3. The summed E-state index contributed by atoms with van der Waals surface area (Å²) in [5.41, 5.74) is 1.34. The molecule has 0 amide bonds. The number of hydrogen-bond donors (Lipinski definition) is 1. The van der Waals surface area contributed by atoms with Gasteiger partial charge in [0.1, 0.15) is 0 Å². The Morgan fingerprint density at radius 2 is 1.88 bits per heavy atom. The molecule has 1 atom stereocenters. The third kappa shape index (κ3) is 2.94. The van der Waals surface area contributed by atoms with Crippen LogP contribution in [0.5, 0.6) is 0 Å². The van der Waals surface area contributed by atoms with E-state index in [0.717, 1.165) is 6.54 Å². The van der Waals surface area contributed by atoms with Gasteiger partial charge < -0.3 is 5.32 Å². The van der Waals surface area contributed by atoms with Gasteiger partial charge in [0.2, 0.25) is 0 Å². The summed E-state index contributed by atoms with van der Waals surface area (Å²) in [7, 11) is 0. The molecule has 1 nitrogen and oxygen atoms in total. The van der Waals surface area contributed by atoms with Crippen molar-refractivity contribution >= 4 is 11.3 Å². The van der Waals surface area contributed by atoms with Gasteiger partial charge in [-0.05, 0) is 31.5 Å². The van der Waals surface area contributed by atoms with Crippen molar-refractivity contribution in [2.24, 2.45) is 0 Å². The number of aryl methyl sites for hydroxylation is 1. The second-order valence-corrected chi connectivity index (χ2v) is 5.40. The van der Waals surface area contributed by atoms with Crippen molar-refractivity contribution in [3.63, 3.8) is 0 Å². The molecule has 0 saturated heterocycles. The third-order valence-electron chi connectivity index (χ3n) is 2.68. The van der Waals surface area contributed by atoms with E-state index in [1.54, 1.807) is 0 Å². The summed E-state index contributed by atoms with van der Waals surface area (Å²) >= 11 is 1.86. The molecule has 2 heteroatoms. The molecule has 1 unspecified atom stereocenters. The molecule has 1 heterocycles. The van der Waals surface area contributed by atoms with Crippen LogP contribution in [0.4, 0.5) is 0 Å². The Kier molecular flexibility index (Phi) is 3.75. The van der Waals surface area contributed by atoms with Crippen LogP contribution >= 0.6 is 11.3 Å². The molecule has 2 rings (SSSR count). The van der Waals surface area contributed by atoms with E-state index < -0.39 is 0 Å². The van der Waals surface area contributed by atoms with E-state index in [9.17, 15) is 0 Å². The van der Waals surface area contributed by atoms with E-state index in [4.69, 9.17) is 0 Å². The number of benzene rings is 1. The van der Waals surface area contributed by atoms with Crippen LogP contribution < -0.4 is 5.32 Å². The van der Waals surface area contributed by atoms with Crippen molar-refractivity contribution in [3.8, 4) is 0 Å². The molecule has 1 aromatic carbocycles. The van der Waals surface area contributed by atoms with Crippen molar-refractivity contribution in [3.05, 3.63) is 57.8 Å². The van der Waals surface area contributed by atoms with Crippen molar-refractivity contribution in [1.29, 1.82) is 0 Å². The van der Waals surface area contributed by atoms with Gasteiger partial charge in [0.25, 0.3) is 0 Å². The highest BCUT2D eigenvalue weighted by molar-refractivity contribution is 7.11. The standard InChI is InChI=1S/C14H17NS/c1-11-8-9-14(16-11)10-15-12(2)13-6-4-3-5-7-13/h3-9,12,15H,10H2,1-2H3. The average Bonchev–Trinajstić information content (AvgIpc) is 2.73. The smallest absolute Gasteiger partial charge is 0.0305 e. The van der Waals surface area contributed by atoms with Crippen molar-refractivity contribution in [2.45, 2.75) is 26.4 Å². The number of rotatable bonds is 4. The number of thiophene rings is 1. The number of nitrogens with one attached hydrogen (secondary N) is 1. The minimum Gasteiger partial charge on any atom is -0.305 e. The maximum absolute atomic E-state index is 3.54. The van der Waals surface area contributed by atoms with Crippen LogP contribution in [-0.4, -0.2) is 0 Å². The fourth-order valence-corrected chi connectivity index (χ4v) is 2.53. The molecule has 2 aromatic rings. The molecule has 0 saturated carbocycles. The van der Waals surface area contributed by atoms with Crippen LogP contribution in [0.1, 0.15) is 28.3 Å². The Balaban J connectivity index is 1.91. The fourth-order valence-electron chi connectivity index (χ4n) is 1.69. The van der Waals surface area contributed by atoms with Crippen LogP contribution in [0, 0.1) is 6.92 Å². The highest BCUT2D eigenvalue weighted by Crippen LogP contribution is 2.17. The third-order valence-corrected chi connectivity index (χ3v) is 3.68. The topological polar surface area (TPSA) is 12.0 Å². The van der Waals surface area contributed by atoms with E-state index >= 15 is 0 Å². The Hall–Kier alpha value is -1.12. The first-order valence-corrected chi connectivity index (χ1v) is 6.41. The predicted molar refractivity (Wildman–Crippen MR) is 70.8 cm³/mol. The fraction of sp³-hybridized carbons (Fsp3) is 0.286. The Morgan fingerprint density at radius 1 is 1.12 bits per heavy atom. The Bertz CT molecular complexity index is 433. The van der Waals surface area contributed by atoms with Gasteiger partial charge in [0.05, 0.1) is 0 Å². The molecule has 0 spiro atoms. The highest BCUT2D eigenvalue weighted by Gasteiger charge is 2.04. The lowest BCUT2D eigenvalue weighted by molar-refractivity contribution is 0.579. The quantitative estimate of drug-likeness (QED) is 0.841. The lowest BCUT2D eigenvalue weighted by Crippen LogP contribution is -2.17. The first-order valence-electron chi connectivity index (χ1n) is 5.59. The minimum absolute atomic E-state index is 0.406. The van der Waals surface area contributed by atoms with E-state index in [0.29, 0.717) is 6.04 Å². The van der Waals surface area contributed by atoms with Crippen LogP contribution in [0.25, 0.3) is 0 Å². The molecule has 0 fully saturated rings. The molecule has 0 radical (unpaired) electrons. The summed E-state index contributed by atoms with van der Waals surface area (Å²) in [5, 5.41) is 3.54. The number of hydrogen-bond acceptors (Lipinski definition) is 2. The maximum atomic E-state index is 3.54. The molecular formula is C14H17NS. The monoisotopic (exact) mass is 231 g/mol. The highest BCUT2D eigenvalue weighted by atomic mass is 32.1. The molecule has 0 aliphatic rings. The molecule has 0 aliphatic carbocycles. The maximum Gasteiger partial charge on any atom is 0.0305 e. The van der Waals surface area contributed by atoms with E-state index in [2.05, 4.69) is 61.6 Å². The van der Waals surface area contributed by atoms with E-state index in [1.165, 1.54) is 15.3 Å². The second-order valence-electron chi connectivity index (χ2n) is 4.03. The zero-order valence-electron chi connectivity index (χ0n) is 9.73. The SMILES string of the molecule is Cc1ccc(CNC(C)c2ccccc2)s1. The molecule has 1 N–H and O–H groups in total. The van der Waals surface area contributed by atoms with Crippen LogP contribution in [-0.2, 0) is 6.54 Å². The first kappa shape index (κ1) is 11.4. The van der Waals surface area contributed by atoms with E-state index in [-0.39, 0.29) is 0 Å². The molecule has 84 valence electrons. The summed E-state index contributed by atoms with van der Waals surface area (Å²) in [4.78, 5) is 2.78. The second kappa shape index (κ2) is 5.28. The van der Waals surface area contributed by atoms with Crippen LogP contribution in [0.3, 0.4) is 0 Å². The molecular weight excluding hydrogens is 214 g/mol. The summed E-state index contributed by atoms with van der Waals surface area (Å²) in [5.74, 6) is 0. The first-order chi connectivity index (χ1) is 7.75. The van der Waals surface area contributed by atoms with Crippen LogP contribution in [0.2, 0.25) is 0 Å². The largest absolute Gasteiger partial charge is 0.305 e. The van der Waals surface area contributed by atoms with Gasteiger partial charge in [-0.3, -0.25) is 0 Å². The zero-order valence-corrected chi connectivity index (χ0v) is 10.6. The van der Waals surface area contributed by atoms with Gasteiger partial charge in [0.15, 0.2) is 0 Å². The van der Waals surface area contributed by atoms with Gasteiger partial charge in [-0.15, -0.1) is 11.3 Å². The van der Waals surface area contributed by atoms with Crippen LogP contribution in [0.15, 0.2) is 42.5 Å². The van der Waals surface area contributed by atoms with Gasteiger partial charge in [-0.2, -0.15) is 0 Å². The molecule has 1 aromatic heterocycles. The molecule has 16 heavy (non-hydrogen) atoms. The normalized spacial score (nSPS) is 12.6. The molecule has 0 aliphatic heterocycles. The van der Waals surface area contributed by atoms with Gasteiger partial charge in [-0.1, -0.05) is 30.3 Å². The summed E-state index contributed by atoms with van der Waals surface area (Å²) in [6.07, 6.45) is 0. The van der Waals surface area contributed by atoms with Crippen molar-refractivity contribution in [1.82, 2.24) is 5.32 Å². The zero-order chi connectivity index (χ0) is 11.4. The van der Waals surface area contributed by atoms with E-state index in [1.807, 2.05) is 11.3 Å². The predicted octanol–water partition coefficient (Wildman–Crippen LogP) is 3.91. The van der Waals surface area contributed by atoms with Crippen molar-refractivity contribution < 1.29 is 0 Å². The Labute approximate surface area is 101 Å². The molecule has 0 bridgehead atoms. The lowest BCUT2D eigenvalue weighted by Gasteiger charge is -2.13. The van der Waals surface area contributed by atoms with Crippen molar-refractivity contribution in [2.75, 3.05) is 0 Å². The lowest BCUT2D eigenvalue weighted by atomic mass is 10.1. The van der Waals surface area contributed by atoms with Gasteiger partial charge >= 0.3 is 0 Å². The average molecular weight is 231 g/mol. The minimum atomic E-state index is 0.406.